The predicted octanol–water partition coefficient (Wildman–Crippen LogP) is 1.85. The summed E-state index contributed by atoms with van der Waals surface area (Å²) in [5.74, 6) is 0.154. The monoisotopic (exact) mass is 388 g/mol. The van der Waals surface area contributed by atoms with Gasteiger partial charge in [0, 0.05) is 43.8 Å². The van der Waals surface area contributed by atoms with Gasteiger partial charge >= 0.3 is 0 Å². The van der Waals surface area contributed by atoms with E-state index in [0.717, 1.165) is 50.6 Å². The molecule has 2 heterocycles. The number of aryl methyl sites for hydroxylation is 1. The van der Waals surface area contributed by atoms with Crippen molar-refractivity contribution in [3.8, 4) is 0 Å². The first-order chi connectivity index (χ1) is 9.07. The Hall–Kier alpha value is -0.110. The molecule has 3 rings (SSSR count). The second-order valence-electron chi connectivity index (χ2n) is 5.57. The van der Waals surface area contributed by atoms with Crippen LogP contribution in [-0.4, -0.2) is 52.4 Å². The fourth-order valence-electron chi connectivity index (χ4n) is 2.47. The minimum Gasteiger partial charge on any atom is -0.339 e. The van der Waals surface area contributed by atoms with Crippen molar-refractivity contribution < 1.29 is 4.79 Å². The summed E-state index contributed by atoms with van der Waals surface area (Å²) in [6, 6.07) is 0. The molecule has 1 aromatic rings. The van der Waals surface area contributed by atoms with Crippen LogP contribution in [0.3, 0.4) is 0 Å². The lowest BCUT2D eigenvalue weighted by Crippen LogP contribution is -2.53. The predicted molar refractivity (Wildman–Crippen MR) is 96.6 cm³/mol. The maximum Gasteiger partial charge on any atom is 0.242 e. The summed E-state index contributed by atoms with van der Waals surface area (Å²) in [6.45, 7) is 6.44. The van der Waals surface area contributed by atoms with Crippen LogP contribution in [0.15, 0.2) is 6.20 Å². The summed E-state index contributed by atoms with van der Waals surface area (Å²) in [4.78, 5) is 22.0. The zero-order valence-corrected chi connectivity index (χ0v) is 15.8. The van der Waals surface area contributed by atoms with E-state index in [1.165, 1.54) is 4.88 Å². The average Bonchev–Trinajstić information content (AvgIpc) is 3.03. The maximum atomic E-state index is 12.1. The van der Waals surface area contributed by atoms with E-state index in [0.29, 0.717) is 0 Å². The van der Waals surface area contributed by atoms with Gasteiger partial charge in [0.25, 0.3) is 0 Å². The van der Waals surface area contributed by atoms with Crippen LogP contribution in [0.25, 0.3) is 0 Å². The molecule has 0 unspecified atom stereocenters. The molecule has 1 aliphatic carbocycles. The highest BCUT2D eigenvalue weighted by atomic mass is 35.5. The first-order valence-electron chi connectivity index (χ1n) is 6.79. The topological polar surface area (TPSA) is 62.5 Å². The molecule has 0 aromatic carbocycles. The molecule has 1 saturated heterocycles. The number of carbonyl (C=O) groups is 1. The SMILES string of the molecule is Cc1ncc(CN2CCN(C(=O)C3(N)CC3)CC2)s1.Cl.Cl.Cl. The van der Waals surface area contributed by atoms with Gasteiger partial charge in [-0.3, -0.25) is 9.69 Å². The van der Waals surface area contributed by atoms with Gasteiger partial charge in [0.2, 0.25) is 5.91 Å². The number of hydrogen-bond donors (Lipinski definition) is 1. The Morgan fingerprint density at radius 1 is 1.27 bits per heavy atom. The average molecular weight is 390 g/mol. The number of halogens is 3. The zero-order valence-electron chi connectivity index (χ0n) is 12.5. The quantitative estimate of drug-likeness (QED) is 0.857. The Labute approximate surface area is 153 Å². The van der Waals surface area contributed by atoms with Crippen LogP contribution in [0.4, 0.5) is 0 Å². The van der Waals surface area contributed by atoms with Crippen molar-refractivity contribution in [2.75, 3.05) is 26.2 Å². The molecule has 0 radical (unpaired) electrons. The highest BCUT2D eigenvalue weighted by molar-refractivity contribution is 7.11. The van der Waals surface area contributed by atoms with Crippen molar-refractivity contribution in [3.63, 3.8) is 0 Å². The number of aromatic nitrogens is 1. The smallest absolute Gasteiger partial charge is 0.242 e. The van der Waals surface area contributed by atoms with Gasteiger partial charge in [-0.2, -0.15) is 0 Å². The lowest BCUT2D eigenvalue weighted by molar-refractivity contribution is -0.135. The molecule has 0 atom stereocenters. The number of nitrogens with zero attached hydrogens (tertiary/aromatic N) is 3. The van der Waals surface area contributed by atoms with Crippen LogP contribution in [0.5, 0.6) is 0 Å². The number of piperazine rings is 1. The summed E-state index contributed by atoms with van der Waals surface area (Å²) in [5.41, 5.74) is 5.45. The summed E-state index contributed by atoms with van der Waals surface area (Å²) in [7, 11) is 0. The van der Waals surface area contributed by atoms with Gasteiger partial charge in [-0.1, -0.05) is 0 Å². The minimum absolute atomic E-state index is 0. The van der Waals surface area contributed by atoms with Gasteiger partial charge in [0.15, 0.2) is 0 Å². The molecule has 0 spiro atoms. The second-order valence-corrected chi connectivity index (χ2v) is 6.89. The molecule has 1 amide bonds. The number of nitrogens with two attached hydrogens (primary N) is 1. The van der Waals surface area contributed by atoms with Crippen molar-refractivity contribution in [3.05, 3.63) is 16.1 Å². The van der Waals surface area contributed by atoms with E-state index in [-0.39, 0.29) is 43.1 Å². The fraction of sp³-hybridized carbons (Fsp3) is 0.692. The summed E-state index contributed by atoms with van der Waals surface area (Å²) < 4.78 is 0. The Balaban J connectivity index is 0.00000147. The summed E-state index contributed by atoms with van der Waals surface area (Å²) in [5, 5.41) is 1.11. The van der Waals surface area contributed by atoms with Crippen LogP contribution in [0, 0.1) is 6.92 Å². The molecule has 1 aliphatic heterocycles. The van der Waals surface area contributed by atoms with Crippen LogP contribution >= 0.6 is 48.6 Å². The molecular formula is C13H23Cl3N4OS. The van der Waals surface area contributed by atoms with Gasteiger partial charge in [-0.15, -0.1) is 48.6 Å². The molecule has 2 fully saturated rings. The third-order valence-electron chi connectivity index (χ3n) is 3.92. The molecule has 2 aliphatic rings. The normalized spacial score (nSPS) is 19.5. The van der Waals surface area contributed by atoms with E-state index in [1.54, 1.807) is 11.3 Å². The zero-order chi connectivity index (χ0) is 13.5. The molecule has 9 heteroatoms. The largest absolute Gasteiger partial charge is 0.339 e. The molecule has 22 heavy (non-hydrogen) atoms. The lowest BCUT2D eigenvalue weighted by Gasteiger charge is -2.35. The molecule has 0 bridgehead atoms. The Morgan fingerprint density at radius 2 is 1.86 bits per heavy atom. The van der Waals surface area contributed by atoms with E-state index in [4.69, 9.17) is 5.73 Å². The van der Waals surface area contributed by atoms with E-state index in [9.17, 15) is 4.79 Å². The van der Waals surface area contributed by atoms with Crippen molar-refractivity contribution in [2.45, 2.75) is 31.8 Å². The molecule has 5 nitrogen and oxygen atoms in total. The standard InChI is InChI=1S/C13H20N4OS.3ClH/c1-10-15-8-11(19-10)9-16-4-6-17(7-5-16)12(18)13(14)2-3-13;;;/h8H,2-7,9,14H2,1H3;3*1H. The fourth-order valence-corrected chi connectivity index (χ4v) is 3.31. The van der Waals surface area contributed by atoms with Gasteiger partial charge in [0.1, 0.15) is 0 Å². The highest BCUT2D eigenvalue weighted by Crippen LogP contribution is 2.34. The van der Waals surface area contributed by atoms with Crippen molar-refractivity contribution in [2.24, 2.45) is 5.73 Å². The van der Waals surface area contributed by atoms with Crippen LogP contribution in [0.2, 0.25) is 0 Å². The van der Waals surface area contributed by atoms with Crippen LogP contribution in [-0.2, 0) is 11.3 Å². The minimum atomic E-state index is -0.517. The van der Waals surface area contributed by atoms with Crippen molar-refractivity contribution in [1.29, 1.82) is 0 Å². The Kier molecular flexibility index (Phi) is 8.62. The molecule has 1 aromatic heterocycles. The Morgan fingerprint density at radius 3 is 2.32 bits per heavy atom. The maximum absolute atomic E-state index is 12.1. The van der Waals surface area contributed by atoms with Gasteiger partial charge in [0.05, 0.1) is 10.5 Å². The third kappa shape index (κ3) is 4.94. The second kappa shape index (κ2) is 8.66. The number of hydrogen-bond acceptors (Lipinski definition) is 5. The first kappa shape index (κ1) is 21.9. The van der Waals surface area contributed by atoms with Gasteiger partial charge in [-0.25, -0.2) is 4.98 Å². The van der Waals surface area contributed by atoms with Crippen LogP contribution < -0.4 is 5.73 Å². The highest BCUT2D eigenvalue weighted by Gasteiger charge is 2.48. The van der Waals surface area contributed by atoms with E-state index >= 15 is 0 Å². The number of carbonyl (C=O) groups excluding carboxylic acids is 1. The lowest BCUT2D eigenvalue weighted by atomic mass is 10.2. The van der Waals surface area contributed by atoms with Gasteiger partial charge in [-0.05, 0) is 19.8 Å². The Bertz CT molecular complexity index is 487. The molecule has 128 valence electrons. The first-order valence-corrected chi connectivity index (χ1v) is 7.60. The molecular weight excluding hydrogens is 367 g/mol. The van der Waals surface area contributed by atoms with E-state index in [1.807, 2.05) is 18.0 Å². The third-order valence-corrected chi connectivity index (χ3v) is 4.82. The van der Waals surface area contributed by atoms with Crippen LogP contribution in [0.1, 0.15) is 22.7 Å². The van der Waals surface area contributed by atoms with Gasteiger partial charge < -0.3 is 10.6 Å². The molecule has 1 saturated carbocycles. The summed E-state index contributed by atoms with van der Waals surface area (Å²) >= 11 is 1.75. The van der Waals surface area contributed by atoms with E-state index in [2.05, 4.69) is 9.88 Å². The number of thiazole rings is 1. The number of amides is 1. The summed E-state index contributed by atoms with van der Waals surface area (Å²) in [6.07, 6.45) is 3.66. The number of rotatable bonds is 3. The van der Waals surface area contributed by atoms with Crippen molar-refractivity contribution in [1.82, 2.24) is 14.8 Å². The van der Waals surface area contributed by atoms with E-state index < -0.39 is 5.54 Å². The van der Waals surface area contributed by atoms with Crippen molar-refractivity contribution >= 4 is 54.5 Å². The molecule has 2 N–H and O–H groups in total.